The second-order valence-corrected chi connectivity index (χ2v) is 6.90. The predicted octanol–water partition coefficient (Wildman–Crippen LogP) is 7.90. The monoisotopic (exact) mass is 282 g/mol. The van der Waals surface area contributed by atoms with Gasteiger partial charge in [-0.2, -0.15) is 0 Å². The van der Waals surface area contributed by atoms with Crippen LogP contribution in [0, 0.1) is 5.92 Å². The molecule has 1 atom stereocenters. The molecule has 0 aliphatic rings. The SMILES string of the molecule is CCCCCCCCCCCCCCCC[C@H](C)CC. The standard InChI is InChI=1S/C20H42/c1-4-6-7-8-9-10-11-12-13-14-15-16-17-18-19-20(3)5-2/h20H,4-19H2,1-3H3/t20-/m1/s1. The summed E-state index contributed by atoms with van der Waals surface area (Å²) in [6.45, 7) is 7.00. The molecular formula is C20H42. The number of hydrogen-bond donors (Lipinski definition) is 0. The van der Waals surface area contributed by atoms with E-state index in [9.17, 15) is 0 Å². The van der Waals surface area contributed by atoms with Crippen molar-refractivity contribution in [2.75, 3.05) is 0 Å². The summed E-state index contributed by atoms with van der Waals surface area (Å²) in [6, 6.07) is 0. The van der Waals surface area contributed by atoms with Gasteiger partial charge in [-0.1, -0.05) is 124 Å². The van der Waals surface area contributed by atoms with Crippen LogP contribution in [0.2, 0.25) is 0 Å². The van der Waals surface area contributed by atoms with Gasteiger partial charge in [-0.15, -0.1) is 0 Å². The van der Waals surface area contributed by atoms with Crippen LogP contribution in [-0.2, 0) is 0 Å². The Bertz CT molecular complexity index is 161. The van der Waals surface area contributed by atoms with Crippen molar-refractivity contribution in [3.63, 3.8) is 0 Å². The maximum absolute atomic E-state index is 2.39. The fourth-order valence-electron chi connectivity index (χ4n) is 2.89. The van der Waals surface area contributed by atoms with Crippen molar-refractivity contribution < 1.29 is 0 Å². The Morgan fingerprint density at radius 3 is 1.20 bits per heavy atom. The van der Waals surface area contributed by atoms with Crippen LogP contribution >= 0.6 is 0 Å². The molecule has 0 aromatic heterocycles. The van der Waals surface area contributed by atoms with Crippen LogP contribution in [0.1, 0.15) is 124 Å². The maximum Gasteiger partial charge on any atom is -0.0445 e. The summed E-state index contributed by atoms with van der Waals surface area (Å²) in [5.74, 6) is 0.951. The lowest BCUT2D eigenvalue weighted by Gasteiger charge is -2.07. The Morgan fingerprint density at radius 1 is 0.500 bits per heavy atom. The van der Waals surface area contributed by atoms with Gasteiger partial charge >= 0.3 is 0 Å². The quantitative estimate of drug-likeness (QED) is 0.252. The lowest BCUT2D eigenvalue weighted by molar-refractivity contribution is 0.468. The first-order chi connectivity index (χ1) is 9.81. The molecule has 0 aromatic carbocycles. The van der Waals surface area contributed by atoms with Crippen LogP contribution < -0.4 is 0 Å². The van der Waals surface area contributed by atoms with Gasteiger partial charge in [0, 0.05) is 0 Å². The molecule has 0 spiro atoms. The molecule has 122 valence electrons. The van der Waals surface area contributed by atoms with Crippen LogP contribution in [0.3, 0.4) is 0 Å². The van der Waals surface area contributed by atoms with Gasteiger partial charge in [-0.05, 0) is 5.92 Å². The molecule has 0 nitrogen and oxygen atoms in total. The summed E-state index contributed by atoms with van der Waals surface area (Å²) in [6.07, 6.45) is 23.4. The van der Waals surface area contributed by atoms with Crippen molar-refractivity contribution in [2.24, 2.45) is 5.92 Å². The van der Waals surface area contributed by atoms with E-state index in [0.717, 1.165) is 5.92 Å². The highest BCUT2D eigenvalue weighted by atomic mass is 14.0. The van der Waals surface area contributed by atoms with E-state index in [1.165, 1.54) is 103 Å². The normalized spacial score (nSPS) is 12.8. The van der Waals surface area contributed by atoms with Gasteiger partial charge in [0.1, 0.15) is 0 Å². The van der Waals surface area contributed by atoms with Crippen molar-refractivity contribution in [2.45, 2.75) is 124 Å². The smallest absolute Gasteiger partial charge is 0.0445 e. The molecule has 0 bridgehead atoms. The second-order valence-electron chi connectivity index (χ2n) is 6.90. The Labute approximate surface area is 130 Å². The number of rotatable bonds is 16. The molecule has 0 heterocycles. The van der Waals surface area contributed by atoms with Crippen molar-refractivity contribution >= 4 is 0 Å². The van der Waals surface area contributed by atoms with Crippen LogP contribution in [-0.4, -0.2) is 0 Å². The first kappa shape index (κ1) is 20.0. The van der Waals surface area contributed by atoms with E-state index < -0.39 is 0 Å². The molecule has 0 N–H and O–H groups in total. The van der Waals surface area contributed by atoms with Gasteiger partial charge in [0.05, 0.1) is 0 Å². The third-order valence-electron chi connectivity index (χ3n) is 4.75. The van der Waals surface area contributed by atoms with E-state index in [-0.39, 0.29) is 0 Å². The highest BCUT2D eigenvalue weighted by molar-refractivity contribution is 4.52. The molecule has 20 heavy (non-hydrogen) atoms. The number of hydrogen-bond acceptors (Lipinski definition) is 0. The Hall–Kier alpha value is 0. The Balaban J connectivity index is 2.96. The van der Waals surface area contributed by atoms with Crippen molar-refractivity contribution in [3.05, 3.63) is 0 Å². The van der Waals surface area contributed by atoms with Crippen LogP contribution in [0.25, 0.3) is 0 Å². The zero-order valence-electron chi connectivity index (χ0n) is 14.9. The van der Waals surface area contributed by atoms with Crippen LogP contribution in [0.4, 0.5) is 0 Å². The lowest BCUT2D eigenvalue weighted by atomic mass is 9.99. The van der Waals surface area contributed by atoms with Gasteiger partial charge in [-0.3, -0.25) is 0 Å². The molecular weight excluding hydrogens is 240 g/mol. The summed E-state index contributed by atoms with van der Waals surface area (Å²) in [5, 5.41) is 0. The average molecular weight is 283 g/mol. The summed E-state index contributed by atoms with van der Waals surface area (Å²) < 4.78 is 0. The van der Waals surface area contributed by atoms with Gasteiger partial charge in [0.25, 0.3) is 0 Å². The molecule has 0 aliphatic heterocycles. The molecule has 0 fully saturated rings. The highest BCUT2D eigenvalue weighted by Gasteiger charge is 1.98. The second kappa shape index (κ2) is 17.1. The molecule has 0 saturated carbocycles. The zero-order valence-corrected chi connectivity index (χ0v) is 14.9. The molecule has 0 radical (unpaired) electrons. The van der Waals surface area contributed by atoms with E-state index in [1.54, 1.807) is 0 Å². The van der Waals surface area contributed by atoms with Gasteiger partial charge < -0.3 is 0 Å². The van der Waals surface area contributed by atoms with Crippen LogP contribution in [0.5, 0.6) is 0 Å². The lowest BCUT2D eigenvalue weighted by Crippen LogP contribution is -1.91. The van der Waals surface area contributed by atoms with E-state index in [1.807, 2.05) is 0 Å². The molecule has 0 unspecified atom stereocenters. The molecule has 0 heteroatoms. The van der Waals surface area contributed by atoms with Crippen molar-refractivity contribution in [1.82, 2.24) is 0 Å². The number of unbranched alkanes of at least 4 members (excludes halogenated alkanes) is 13. The van der Waals surface area contributed by atoms with E-state index in [2.05, 4.69) is 20.8 Å². The van der Waals surface area contributed by atoms with Crippen LogP contribution in [0.15, 0.2) is 0 Å². The summed E-state index contributed by atoms with van der Waals surface area (Å²) in [5.41, 5.74) is 0. The first-order valence-electron chi connectivity index (χ1n) is 9.81. The fraction of sp³-hybridized carbons (Fsp3) is 1.00. The van der Waals surface area contributed by atoms with E-state index in [0.29, 0.717) is 0 Å². The topological polar surface area (TPSA) is 0 Å². The summed E-state index contributed by atoms with van der Waals surface area (Å²) in [7, 11) is 0. The first-order valence-corrected chi connectivity index (χ1v) is 9.81. The minimum atomic E-state index is 0.951. The van der Waals surface area contributed by atoms with Gasteiger partial charge in [0.15, 0.2) is 0 Å². The van der Waals surface area contributed by atoms with Gasteiger partial charge in [0.2, 0.25) is 0 Å². The highest BCUT2D eigenvalue weighted by Crippen LogP contribution is 2.15. The molecule has 0 aromatic rings. The predicted molar refractivity (Wildman–Crippen MR) is 94.4 cm³/mol. The molecule has 0 aliphatic carbocycles. The maximum atomic E-state index is 2.39. The summed E-state index contributed by atoms with van der Waals surface area (Å²) >= 11 is 0. The molecule has 0 saturated heterocycles. The van der Waals surface area contributed by atoms with Gasteiger partial charge in [-0.25, -0.2) is 0 Å². The molecule has 0 amide bonds. The zero-order chi connectivity index (χ0) is 14.9. The minimum Gasteiger partial charge on any atom is -0.0654 e. The van der Waals surface area contributed by atoms with Crippen molar-refractivity contribution in [1.29, 1.82) is 0 Å². The average Bonchev–Trinajstić information content (AvgIpc) is 2.47. The Morgan fingerprint density at radius 2 is 0.850 bits per heavy atom. The van der Waals surface area contributed by atoms with Crippen molar-refractivity contribution in [3.8, 4) is 0 Å². The fourth-order valence-corrected chi connectivity index (χ4v) is 2.89. The summed E-state index contributed by atoms with van der Waals surface area (Å²) in [4.78, 5) is 0. The largest absolute Gasteiger partial charge is 0.0654 e. The third kappa shape index (κ3) is 16.1. The van der Waals surface area contributed by atoms with E-state index >= 15 is 0 Å². The molecule has 0 rings (SSSR count). The minimum absolute atomic E-state index is 0.951. The third-order valence-corrected chi connectivity index (χ3v) is 4.75. The van der Waals surface area contributed by atoms with E-state index in [4.69, 9.17) is 0 Å². The Kier molecular flexibility index (Phi) is 17.1.